The lowest BCUT2D eigenvalue weighted by atomic mass is 9.76. The molecule has 3 heterocycles. The smallest absolute Gasteiger partial charge is 0.274 e. The van der Waals surface area contributed by atoms with Crippen molar-refractivity contribution >= 4 is 11.8 Å². The molecule has 1 atom stereocenters. The van der Waals surface area contributed by atoms with Crippen molar-refractivity contribution < 1.29 is 14.3 Å². The molecule has 7 heteroatoms. The van der Waals surface area contributed by atoms with Crippen molar-refractivity contribution in [3.05, 3.63) is 54.1 Å². The highest BCUT2D eigenvalue weighted by Crippen LogP contribution is 2.46. The Morgan fingerprint density at radius 3 is 2.70 bits per heavy atom. The van der Waals surface area contributed by atoms with Crippen molar-refractivity contribution in [3.63, 3.8) is 0 Å². The maximum absolute atomic E-state index is 12.7. The molecule has 1 N–H and O–H groups in total. The molecule has 1 spiro atoms. The predicted octanol–water partition coefficient (Wildman–Crippen LogP) is 2.93. The van der Waals surface area contributed by atoms with Gasteiger partial charge < -0.3 is 15.0 Å². The standard InChI is InChI=1S/C23H28N4O3/c1-16(2)26-21(28)13-17-14-23(30-20-6-4-3-5-18(17)20)7-11-27(12-8-23)22(29)19-15-24-9-10-25-19/h3-6,9-10,15-17H,7-8,11-14H2,1-2H3,(H,26,28). The Bertz CT molecular complexity index is 908. The van der Waals surface area contributed by atoms with Gasteiger partial charge in [0.15, 0.2) is 0 Å². The van der Waals surface area contributed by atoms with Crippen molar-refractivity contribution in [2.45, 2.75) is 57.1 Å². The Hall–Kier alpha value is -2.96. The zero-order valence-corrected chi connectivity index (χ0v) is 17.5. The molecular weight excluding hydrogens is 380 g/mol. The van der Waals surface area contributed by atoms with Crippen LogP contribution in [0.3, 0.4) is 0 Å². The minimum absolute atomic E-state index is 0.0668. The van der Waals surface area contributed by atoms with Crippen LogP contribution in [0.4, 0.5) is 0 Å². The van der Waals surface area contributed by atoms with E-state index in [1.807, 2.05) is 36.9 Å². The normalized spacial score (nSPS) is 19.8. The average molecular weight is 409 g/mol. The first-order chi connectivity index (χ1) is 14.5. The zero-order chi connectivity index (χ0) is 21.1. The maximum Gasteiger partial charge on any atom is 0.274 e. The first-order valence-electron chi connectivity index (χ1n) is 10.6. The second-order valence-electron chi connectivity index (χ2n) is 8.53. The Morgan fingerprint density at radius 2 is 2.00 bits per heavy atom. The summed E-state index contributed by atoms with van der Waals surface area (Å²) in [6, 6.07) is 8.13. The Morgan fingerprint density at radius 1 is 1.23 bits per heavy atom. The van der Waals surface area contributed by atoms with Gasteiger partial charge in [-0.2, -0.15) is 0 Å². The summed E-state index contributed by atoms with van der Waals surface area (Å²) in [7, 11) is 0. The molecule has 1 aromatic carbocycles. The van der Waals surface area contributed by atoms with Gasteiger partial charge in [0, 0.05) is 56.7 Å². The summed E-state index contributed by atoms with van der Waals surface area (Å²) in [4.78, 5) is 35.1. The number of nitrogens with zero attached hydrogens (tertiary/aromatic N) is 3. The number of hydrogen-bond donors (Lipinski definition) is 1. The van der Waals surface area contributed by atoms with Gasteiger partial charge in [0.05, 0.1) is 6.20 Å². The van der Waals surface area contributed by atoms with Gasteiger partial charge in [0.25, 0.3) is 5.91 Å². The van der Waals surface area contributed by atoms with Crippen LogP contribution in [0, 0.1) is 0 Å². The first-order valence-corrected chi connectivity index (χ1v) is 10.6. The van der Waals surface area contributed by atoms with Crippen LogP contribution in [0.25, 0.3) is 0 Å². The number of piperidine rings is 1. The molecule has 0 bridgehead atoms. The molecule has 7 nitrogen and oxygen atoms in total. The molecule has 1 fully saturated rings. The highest BCUT2D eigenvalue weighted by atomic mass is 16.5. The third kappa shape index (κ3) is 4.30. The minimum atomic E-state index is -0.351. The van der Waals surface area contributed by atoms with E-state index in [1.165, 1.54) is 12.4 Å². The fraction of sp³-hybridized carbons (Fsp3) is 0.478. The second-order valence-corrected chi connectivity index (χ2v) is 8.53. The van der Waals surface area contributed by atoms with E-state index in [2.05, 4.69) is 21.4 Å². The van der Waals surface area contributed by atoms with Gasteiger partial charge in [-0.1, -0.05) is 18.2 Å². The fourth-order valence-electron chi connectivity index (χ4n) is 4.53. The SMILES string of the molecule is CC(C)NC(=O)CC1CC2(CCN(C(=O)c3cnccn3)CC2)Oc2ccccc21. The largest absolute Gasteiger partial charge is 0.487 e. The summed E-state index contributed by atoms with van der Waals surface area (Å²) < 4.78 is 6.49. The summed E-state index contributed by atoms with van der Waals surface area (Å²) >= 11 is 0. The highest BCUT2D eigenvalue weighted by Gasteiger charge is 2.44. The van der Waals surface area contributed by atoms with Crippen molar-refractivity contribution in [1.29, 1.82) is 0 Å². The van der Waals surface area contributed by atoms with E-state index >= 15 is 0 Å². The first kappa shape index (κ1) is 20.3. The van der Waals surface area contributed by atoms with Crippen LogP contribution in [-0.2, 0) is 4.79 Å². The van der Waals surface area contributed by atoms with E-state index in [-0.39, 0.29) is 29.4 Å². The van der Waals surface area contributed by atoms with Crippen LogP contribution in [0.15, 0.2) is 42.9 Å². The second kappa shape index (κ2) is 8.42. The van der Waals surface area contributed by atoms with Crippen molar-refractivity contribution in [2.24, 2.45) is 0 Å². The number of ether oxygens (including phenoxy) is 1. The number of amides is 2. The molecule has 1 unspecified atom stereocenters. The monoisotopic (exact) mass is 408 g/mol. The maximum atomic E-state index is 12.7. The highest BCUT2D eigenvalue weighted by molar-refractivity contribution is 5.92. The molecule has 1 saturated heterocycles. The number of carbonyl (C=O) groups is 2. The van der Waals surface area contributed by atoms with Crippen LogP contribution >= 0.6 is 0 Å². The average Bonchev–Trinajstić information content (AvgIpc) is 2.74. The predicted molar refractivity (Wildman–Crippen MR) is 112 cm³/mol. The molecule has 2 amide bonds. The van der Waals surface area contributed by atoms with Crippen molar-refractivity contribution in [1.82, 2.24) is 20.2 Å². The topological polar surface area (TPSA) is 84.4 Å². The van der Waals surface area contributed by atoms with Gasteiger partial charge in [0.1, 0.15) is 17.0 Å². The van der Waals surface area contributed by atoms with Crippen LogP contribution < -0.4 is 10.1 Å². The number of aromatic nitrogens is 2. The number of benzene rings is 1. The molecule has 158 valence electrons. The number of fused-ring (bicyclic) bond motifs is 1. The summed E-state index contributed by atoms with van der Waals surface area (Å²) in [5.41, 5.74) is 1.11. The molecular formula is C23H28N4O3. The van der Waals surface area contributed by atoms with Gasteiger partial charge in [-0.3, -0.25) is 14.6 Å². The van der Waals surface area contributed by atoms with E-state index in [0.29, 0.717) is 25.2 Å². The molecule has 0 radical (unpaired) electrons. The van der Waals surface area contributed by atoms with Crippen LogP contribution in [-0.4, -0.2) is 51.4 Å². The Kier molecular flexibility index (Phi) is 5.70. The number of hydrogen-bond acceptors (Lipinski definition) is 5. The van der Waals surface area contributed by atoms with Crippen LogP contribution in [0.5, 0.6) is 5.75 Å². The van der Waals surface area contributed by atoms with Gasteiger partial charge in [0.2, 0.25) is 5.91 Å². The van der Waals surface area contributed by atoms with Crippen molar-refractivity contribution in [2.75, 3.05) is 13.1 Å². The molecule has 30 heavy (non-hydrogen) atoms. The number of rotatable bonds is 4. The lowest BCUT2D eigenvalue weighted by Gasteiger charge is -2.46. The van der Waals surface area contributed by atoms with Crippen LogP contribution in [0.1, 0.15) is 61.5 Å². The summed E-state index contributed by atoms with van der Waals surface area (Å²) in [5.74, 6) is 0.940. The van der Waals surface area contributed by atoms with Gasteiger partial charge in [-0.25, -0.2) is 4.98 Å². The molecule has 2 aromatic rings. The van der Waals surface area contributed by atoms with Crippen LogP contribution in [0.2, 0.25) is 0 Å². The van der Waals surface area contributed by atoms with Gasteiger partial charge in [-0.05, 0) is 31.9 Å². The number of carbonyl (C=O) groups excluding carboxylic acids is 2. The number of likely N-dealkylation sites (tertiary alicyclic amines) is 1. The van der Waals surface area contributed by atoms with E-state index in [0.717, 1.165) is 30.6 Å². The molecule has 2 aliphatic rings. The Balaban J connectivity index is 1.48. The number of nitrogens with one attached hydrogen (secondary N) is 1. The van der Waals surface area contributed by atoms with E-state index in [4.69, 9.17) is 4.74 Å². The van der Waals surface area contributed by atoms with E-state index in [1.54, 1.807) is 6.20 Å². The molecule has 4 rings (SSSR count). The lowest BCUT2D eigenvalue weighted by molar-refractivity contribution is -0.122. The van der Waals surface area contributed by atoms with E-state index < -0.39 is 0 Å². The third-order valence-electron chi connectivity index (χ3n) is 5.93. The summed E-state index contributed by atoms with van der Waals surface area (Å²) in [6.07, 6.45) is 7.29. The molecule has 0 saturated carbocycles. The molecule has 1 aromatic heterocycles. The lowest BCUT2D eigenvalue weighted by Crippen LogP contribution is -2.52. The van der Waals surface area contributed by atoms with Gasteiger partial charge in [-0.15, -0.1) is 0 Å². The third-order valence-corrected chi connectivity index (χ3v) is 5.93. The number of para-hydroxylation sites is 1. The summed E-state index contributed by atoms with van der Waals surface area (Å²) in [6.45, 7) is 5.15. The molecule has 2 aliphatic heterocycles. The zero-order valence-electron chi connectivity index (χ0n) is 17.5. The van der Waals surface area contributed by atoms with Crippen molar-refractivity contribution in [3.8, 4) is 5.75 Å². The quantitative estimate of drug-likeness (QED) is 0.841. The fourth-order valence-corrected chi connectivity index (χ4v) is 4.53. The summed E-state index contributed by atoms with van der Waals surface area (Å²) in [5, 5.41) is 3.01. The Labute approximate surface area is 176 Å². The van der Waals surface area contributed by atoms with E-state index in [9.17, 15) is 9.59 Å². The van der Waals surface area contributed by atoms with Gasteiger partial charge >= 0.3 is 0 Å². The minimum Gasteiger partial charge on any atom is -0.487 e. The molecule has 0 aliphatic carbocycles.